The van der Waals surface area contributed by atoms with E-state index in [-0.39, 0.29) is 67.4 Å². The molecule has 8 bridgehead atoms. The van der Waals surface area contributed by atoms with Gasteiger partial charge in [0, 0.05) is 66.1 Å². The third kappa shape index (κ3) is 9.30. The van der Waals surface area contributed by atoms with Crippen LogP contribution in [0.25, 0.3) is 89.7 Å². The van der Waals surface area contributed by atoms with Crippen LogP contribution < -0.4 is 57.9 Å². The summed E-state index contributed by atoms with van der Waals surface area (Å²) in [5.74, 6) is 4.25. The largest absolute Gasteiger partial charge is 2.00 e. The van der Waals surface area contributed by atoms with Gasteiger partial charge < -0.3 is 81.8 Å². The number of nitrogens with zero attached hydrogens (tertiary/aromatic N) is 10. The van der Waals surface area contributed by atoms with Crippen molar-refractivity contribution < 1.29 is 76.4 Å². The summed E-state index contributed by atoms with van der Waals surface area (Å²) in [4.78, 5) is 43.5. The molecule has 0 aliphatic carbocycles. The molecule has 310 valence electrons. The van der Waals surface area contributed by atoms with Crippen molar-refractivity contribution in [1.82, 2.24) is 39.9 Å². The summed E-state index contributed by atoms with van der Waals surface area (Å²) in [5.41, 5.74) is 5.88. The second-order valence-electron chi connectivity index (χ2n) is 15.6. The minimum atomic E-state index is 0. The Kier molecular flexibility index (Phi) is 15.4. The van der Waals surface area contributed by atoms with Crippen molar-refractivity contribution in [3.63, 3.8) is 0 Å². The van der Waals surface area contributed by atoms with Crippen LogP contribution >= 0.6 is 23.5 Å². The molecule has 0 spiro atoms. The average Bonchev–Trinajstić information content (AvgIpc) is 3.99. The first kappa shape index (κ1) is 47.4. The van der Waals surface area contributed by atoms with Gasteiger partial charge in [0.15, 0.2) is 11.6 Å². The Morgan fingerprint density at radius 3 is 1.13 bits per heavy atom. The van der Waals surface area contributed by atoms with E-state index in [1.807, 2.05) is 84.2 Å². The molecule has 0 saturated heterocycles. The molecule has 0 N–H and O–H groups in total. The zero-order chi connectivity index (χ0) is 40.0. The van der Waals surface area contributed by atoms with Crippen molar-refractivity contribution in [2.24, 2.45) is 0 Å². The zero-order valence-corrected chi connectivity index (χ0v) is 44.4. The van der Waals surface area contributed by atoms with Crippen molar-refractivity contribution in [2.45, 2.75) is 37.5 Å². The first-order valence-corrected chi connectivity index (χ1v) is 22.3. The van der Waals surface area contributed by atoms with Crippen LogP contribution in [-0.4, -0.2) is 104 Å². The van der Waals surface area contributed by atoms with E-state index in [1.165, 1.54) is 9.79 Å². The molecule has 0 atom stereocenters. The number of halogens is 2. The van der Waals surface area contributed by atoms with Gasteiger partial charge in [-0.15, -0.1) is 23.5 Å². The summed E-state index contributed by atoms with van der Waals surface area (Å²) in [6.07, 6.45) is 0. The van der Waals surface area contributed by atoms with Crippen LogP contribution in [0.15, 0.2) is 94.7 Å². The molecule has 4 aromatic carbocycles. The molecule has 0 saturated carbocycles. The molecule has 0 fully saturated rings. The monoisotopic (exact) mass is 1120 g/mol. The molecule has 0 radical (unpaired) electrons. The van der Waals surface area contributed by atoms with Crippen LogP contribution in [0.3, 0.4) is 0 Å². The maximum Gasteiger partial charge on any atom is 2.00 e. The molecule has 0 unspecified atom stereocenters. The third-order valence-electron chi connectivity index (χ3n) is 12.3. The molecule has 7 aromatic rings. The fourth-order valence-corrected chi connectivity index (χ4v) is 10.2. The molecule has 3 aromatic heterocycles. The number of hydrogen-bond acceptors (Lipinski definition) is 8. The van der Waals surface area contributed by atoms with Gasteiger partial charge in [-0.1, -0.05) is 72.8 Å². The van der Waals surface area contributed by atoms with Crippen LogP contribution in [0.4, 0.5) is 0 Å². The Balaban J connectivity index is 0.00000207. The summed E-state index contributed by atoms with van der Waals surface area (Å²) in [5, 5.41) is 3.69. The molecule has 2 aliphatic rings. The topological polar surface area (TPSA) is 106 Å². The van der Waals surface area contributed by atoms with Crippen LogP contribution in [0, 0.1) is 0 Å². The van der Waals surface area contributed by atoms with Gasteiger partial charge in [0.25, 0.3) is 0 Å². The van der Waals surface area contributed by atoms with Crippen LogP contribution in [0.1, 0.15) is 27.7 Å². The van der Waals surface area contributed by atoms with Gasteiger partial charge in [0.1, 0.15) is 0 Å². The maximum absolute atomic E-state index is 5.26. The molecule has 0 amide bonds. The van der Waals surface area contributed by atoms with E-state index in [1.54, 1.807) is 0 Å². The van der Waals surface area contributed by atoms with Gasteiger partial charge in [-0.2, -0.15) is 0 Å². The summed E-state index contributed by atoms with van der Waals surface area (Å²) in [6, 6.07) is 28.9. The Hall–Kier alpha value is -3.06. The number of benzene rings is 4. The Morgan fingerprint density at radius 1 is 0.443 bits per heavy atom. The first-order valence-electron chi connectivity index (χ1n) is 20.3. The van der Waals surface area contributed by atoms with Crippen molar-refractivity contribution in [2.75, 3.05) is 64.9 Å². The Morgan fingerprint density at radius 2 is 0.754 bits per heavy atom. The average molecular weight is 1120 g/mol. The van der Waals surface area contributed by atoms with E-state index in [4.69, 9.17) is 39.9 Å². The predicted molar refractivity (Wildman–Crippen MR) is 240 cm³/mol. The van der Waals surface area contributed by atoms with Gasteiger partial charge in [-0.05, 0) is 61.4 Å². The van der Waals surface area contributed by atoms with E-state index in [9.17, 15) is 0 Å². The fourth-order valence-electron chi connectivity index (χ4n) is 7.57. The minimum Gasteiger partial charge on any atom is -1.00 e. The number of fused-ring (bicyclic) bond motifs is 20. The second kappa shape index (κ2) is 19.8. The summed E-state index contributed by atoms with van der Waals surface area (Å²) < 4.78 is 2.08. The first-order chi connectivity index (χ1) is 28.2. The van der Waals surface area contributed by atoms with E-state index in [2.05, 4.69) is 66.1 Å². The Bertz CT molecular complexity index is 2870. The smallest absolute Gasteiger partial charge is 1.00 e. The van der Waals surface area contributed by atoms with Crippen molar-refractivity contribution in [3.8, 4) is 45.6 Å². The zero-order valence-electron chi connectivity index (χ0n) is 35.5. The predicted octanol–water partition coefficient (Wildman–Crippen LogP) is 3.29. The van der Waals surface area contributed by atoms with Gasteiger partial charge in [-0.3, -0.25) is 0 Å². The van der Waals surface area contributed by atoms with Crippen LogP contribution in [0.2, 0.25) is 0 Å². The molecular weight excluding hydrogens is 1080 g/mol. The van der Waals surface area contributed by atoms with Crippen LogP contribution in [-0.2, 0) is 19.5 Å². The molecule has 2 aliphatic heterocycles. The fraction of sp³-hybridized carbons (Fsp3) is 0.304. The standard InChI is InChI=1S/C46H48N10S2.2HI.Zn/c1-7-55(5,8-2)23-25-57-37-27-35-36(28-38(37)58-26-24-56(6,9-3)10-4)46-53-44-34-22-16-14-20-32(34)42(51-44)49-40-30-18-12-11-17-29(30)39(47-40)48-41-31-19-13-15-21-33(31)43(50-41)52-45(35)54-46;;;/h11-22,27-28H,7-10,23-26H2,1-6H3;2*1H;/q;;;+2/p-2. The minimum absolute atomic E-state index is 0. The van der Waals surface area contributed by atoms with Gasteiger partial charge >= 0.3 is 19.5 Å². The number of rotatable bonds is 12. The van der Waals surface area contributed by atoms with Crippen molar-refractivity contribution in [3.05, 3.63) is 84.9 Å². The molecule has 5 heterocycles. The van der Waals surface area contributed by atoms with Crippen molar-refractivity contribution in [1.29, 1.82) is 0 Å². The van der Waals surface area contributed by atoms with Gasteiger partial charge in [0.05, 0.1) is 65.0 Å². The van der Waals surface area contributed by atoms with E-state index in [0.29, 0.717) is 45.9 Å². The second-order valence-corrected chi connectivity index (χ2v) is 17.9. The molecule has 9 rings (SSSR count). The van der Waals surface area contributed by atoms with E-state index in [0.717, 1.165) is 104 Å². The molecule has 61 heavy (non-hydrogen) atoms. The number of quaternary nitrogens is 2. The maximum atomic E-state index is 5.26. The third-order valence-corrected chi connectivity index (χ3v) is 14.5. The van der Waals surface area contributed by atoms with E-state index >= 15 is 0 Å². The summed E-state index contributed by atoms with van der Waals surface area (Å²) in [6.45, 7) is 15.8. The molecule has 15 heteroatoms. The number of hydrogen-bond donors (Lipinski definition) is 0. The quantitative estimate of drug-likeness (QED) is 0.0785. The normalized spacial score (nSPS) is 12.0. The summed E-state index contributed by atoms with van der Waals surface area (Å²) in [7, 11) is 4.71. The number of thioether (sulfide) groups is 2. The molecule has 10 nitrogen and oxygen atoms in total. The molecular formula is C46H48I2N10S2Zn. The summed E-state index contributed by atoms with van der Waals surface area (Å²) >= 11 is 3.87. The van der Waals surface area contributed by atoms with Crippen LogP contribution in [0.5, 0.6) is 0 Å². The SMILES string of the molecule is CC[N+](C)(CC)CCSc1cc2c3nc4nc(nc5nc(nc6[n-]c(nc([n-]3)c2cc1SCC[N+](C)(CC)CC)c1ccccc61)-c1ccccc1-5)-c1ccccc1-4.[I-].[I-].[Zn+2]. The Labute approximate surface area is 413 Å². The van der Waals surface area contributed by atoms with Gasteiger partial charge in [0.2, 0.25) is 0 Å². The van der Waals surface area contributed by atoms with E-state index < -0.39 is 0 Å². The number of aromatic nitrogens is 8. The van der Waals surface area contributed by atoms with Gasteiger partial charge in [-0.25, -0.2) is 15.0 Å². The van der Waals surface area contributed by atoms with Crippen molar-refractivity contribution >= 4 is 67.7 Å².